The lowest BCUT2D eigenvalue weighted by atomic mass is 10.1. The number of carbonyl (C=O) groups excluding carboxylic acids is 1. The van der Waals surface area contributed by atoms with Gasteiger partial charge in [-0.2, -0.15) is 0 Å². The maximum absolute atomic E-state index is 11.8. The number of anilines is 2. The van der Waals surface area contributed by atoms with Crippen LogP contribution in [0, 0.1) is 5.92 Å². The van der Waals surface area contributed by atoms with E-state index in [4.69, 9.17) is 25.8 Å². The minimum Gasteiger partial charge on any atom is -0.492 e. The Balaban J connectivity index is 1.29. The van der Waals surface area contributed by atoms with Crippen LogP contribution in [0.2, 0.25) is 5.02 Å². The topological polar surface area (TPSA) is 98.7 Å². The van der Waals surface area contributed by atoms with Crippen molar-refractivity contribution in [2.24, 2.45) is 5.92 Å². The Kier molecular flexibility index (Phi) is 6.96. The third-order valence-electron chi connectivity index (χ3n) is 6.07. The largest absolute Gasteiger partial charge is 0.492 e. The minimum absolute atomic E-state index is 0.0925. The van der Waals surface area contributed by atoms with Crippen molar-refractivity contribution in [1.29, 1.82) is 0 Å². The summed E-state index contributed by atoms with van der Waals surface area (Å²) < 4.78 is 17.3. The Morgan fingerprint density at radius 3 is 3.00 bits per heavy atom. The average molecular weight is 496 g/mol. The Bertz CT molecular complexity index is 1230. The summed E-state index contributed by atoms with van der Waals surface area (Å²) in [6.45, 7) is 6.77. The molecule has 1 aromatic carbocycles. The zero-order valence-corrected chi connectivity index (χ0v) is 19.9. The highest BCUT2D eigenvalue weighted by molar-refractivity contribution is 6.32. The molecule has 1 unspecified atom stereocenters. The SMILES string of the molecule is C=CC(=O)N1CC[C@H](Oc2ccc3ncnc(Nc4ccc(OCC5CCOC5)c(Cl)c4)c3n2)C1. The van der Waals surface area contributed by atoms with E-state index in [0.717, 1.165) is 31.7 Å². The number of amides is 1. The Morgan fingerprint density at radius 2 is 2.20 bits per heavy atom. The molecule has 2 atom stereocenters. The molecule has 4 heterocycles. The summed E-state index contributed by atoms with van der Waals surface area (Å²) in [5.74, 6) is 1.92. The Morgan fingerprint density at radius 1 is 1.29 bits per heavy atom. The number of benzene rings is 1. The quantitative estimate of drug-likeness (QED) is 0.468. The summed E-state index contributed by atoms with van der Waals surface area (Å²) in [6.07, 6.45) is 4.40. The van der Waals surface area contributed by atoms with Crippen molar-refractivity contribution >= 4 is 40.0 Å². The second kappa shape index (κ2) is 10.5. The molecular weight excluding hydrogens is 470 g/mol. The van der Waals surface area contributed by atoms with E-state index in [-0.39, 0.29) is 12.0 Å². The summed E-state index contributed by atoms with van der Waals surface area (Å²) in [5.41, 5.74) is 1.99. The molecule has 2 aliphatic rings. The minimum atomic E-state index is -0.132. The van der Waals surface area contributed by atoms with Crippen LogP contribution in [-0.2, 0) is 9.53 Å². The molecule has 3 aromatic rings. The van der Waals surface area contributed by atoms with Crippen molar-refractivity contribution in [3.05, 3.63) is 54.3 Å². The van der Waals surface area contributed by atoms with E-state index >= 15 is 0 Å². The van der Waals surface area contributed by atoms with Crippen LogP contribution in [0.4, 0.5) is 11.5 Å². The summed E-state index contributed by atoms with van der Waals surface area (Å²) in [7, 11) is 0. The number of aromatic nitrogens is 3. The first kappa shape index (κ1) is 23.3. The number of hydrogen-bond donors (Lipinski definition) is 1. The van der Waals surface area contributed by atoms with E-state index in [1.54, 1.807) is 17.0 Å². The van der Waals surface area contributed by atoms with E-state index in [9.17, 15) is 4.79 Å². The predicted octanol–water partition coefficient (Wildman–Crippen LogP) is 4.00. The number of carbonyl (C=O) groups is 1. The highest BCUT2D eigenvalue weighted by Crippen LogP contribution is 2.31. The van der Waals surface area contributed by atoms with Gasteiger partial charge in [0.1, 0.15) is 23.7 Å². The molecule has 0 saturated carbocycles. The van der Waals surface area contributed by atoms with Gasteiger partial charge in [-0.3, -0.25) is 4.79 Å². The van der Waals surface area contributed by atoms with Crippen molar-refractivity contribution in [1.82, 2.24) is 19.9 Å². The van der Waals surface area contributed by atoms with Crippen LogP contribution in [0.15, 0.2) is 49.3 Å². The first-order valence-corrected chi connectivity index (χ1v) is 11.9. The lowest BCUT2D eigenvalue weighted by Crippen LogP contribution is -2.29. The molecule has 9 nitrogen and oxygen atoms in total. The molecule has 1 N–H and O–H groups in total. The van der Waals surface area contributed by atoms with Gasteiger partial charge in [-0.1, -0.05) is 18.2 Å². The van der Waals surface area contributed by atoms with Gasteiger partial charge in [-0.25, -0.2) is 15.0 Å². The number of rotatable bonds is 8. The second-order valence-electron chi connectivity index (χ2n) is 8.57. The average Bonchev–Trinajstić information content (AvgIpc) is 3.56. The van der Waals surface area contributed by atoms with Crippen LogP contribution < -0.4 is 14.8 Å². The van der Waals surface area contributed by atoms with Crippen LogP contribution in [0.3, 0.4) is 0 Å². The molecule has 2 aromatic heterocycles. The van der Waals surface area contributed by atoms with Gasteiger partial charge >= 0.3 is 0 Å². The number of nitrogens with one attached hydrogen (secondary N) is 1. The molecule has 10 heteroatoms. The van der Waals surface area contributed by atoms with Crippen molar-refractivity contribution in [3.8, 4) is 11.6 Å². The molecular formula is C25H26ClN5O4. The summed E-state index contributed by atoms with van der Waals surface area (Å²) in [6, 6.07) is 9.12. The Labute approximate surface area is 208 Å². The summed E-state index contributed by atoms with van der Waals surface area (Å²) >= 11 is 6.47. The normalized spacial score (nSPS) is 19.6. The van der Waals surface area contributed by atoms with Gasteiger partial charge in [0.2, 0.25) is 11.8 Å². The van der Waals surface area contributed by atoms with Crippen LogP contribution in [0.1, 0.15) is 12.8 Å². The van der Waals surface area contributed by atoms with Crippen LogP contribution >= 0.6 is 11.6 Å². The highest BCUT2D eigenvalue weighted by Gasteiger charge is 2.26. The lowest BCUT2D eigenvalue weighted by Gasteiger charge is -2.16. The van der Waals surface area contributed by atoms with E-state index in [0.29, 0.717) is 59.1 Å². The first-order valence-electron chi connectivity index (χ1n) is 11.6. The third kappa shape index (κ3) is 5.47. The van der Waals surface area contributed by atoms with Gasteiger partial charge in [-0.15, -0.1) is 0 Å². The number of likely N-dealkylation sites (tertiary alicyclic amines) is 1. The van der Waals surface area contributed by atoms with Gasteiger partial charge in [0.05, 0.1) is 30.3 Å². The maximum Gasteiger partial charge on any atom is 0.246 e. The van der Waals surface area contributed by atoms with Gasteiger partial charge in [0.25, 0.3) is 0 Å². The molecule has 35 heavy (non-hydrogen) atoms. The molecule has 2 fully saturated rings. The summed E-state index contributed by atoms with van der Waals surface area (Å²) in [5, 5.41) is 3.77. The van der Waals surface area contributed by atoms with E-state index < -0.39 is 0 Å². The van der Waals surface area contributed by atoms with E-state index in [2.05, 4.69) is 26.8 Å². The zero-order valence-electron chi connectivity index (χ0n) is 19.2. The van der Waals surface area contributed by atoms with Crippen LogP contribution in [0.5, 0.6) is 11.6 Å². The zero-order chi connectivity index (χ0) is 24.2. The van der Waals surface area contributed by atoms with Gasteiger partial charge < -0.3 is 24.4 Å². The monoisotopic (exact) mass is 495 g/mol. The van der Waals surface area contributed by atoms with Crippen molar-refractivity contribution < 1.29 is 19.0 Å². The maximum atomic E-state index is 11.8. The molecule has 0 aliphatic carbocycles. The molecule has 0 spiro atoms. The lowest BCUT2D eigenvalue weighted by molar-refractivity contribution is -0.125. The fourth-order valence-corrected chi connectivity index (χ4v) is 4.39. The predicted molar refractivity (Wildman–Crippen MR) is 132 cm³/mol. The summed E-state index contributed by atoms with van der Waals surface area (Å²) in [4.78, 5) is 26.9. The molecule has 182 valence electrons. The van der Waals surface area contributed by atoms with Crippen LogP contribution in [-0.4, -0.2) is 64.8 Å². The smallest absolute Gasteiger partial charge is 0.246 e. The first-order chi connectivity index (χ1) is 17.1. The van der Waals surface area contributed by atoms with Gasteiger partial charge in [0, 0.05) is 37.2 Å². The molecule has 0 radical (unpaired) electrons. The number of hydrogen-bond acceptors (Lipinski definition) is 8. The van der Waals surface area contributed by atoms with Gasteiger partial charge in [-0.05, 0) is 36.8 Å². The fourth-order valence-electron chi connectivity index (χ4n) is 4.16. The van der Waals surface area contributed by atoms with Crippen molar-refractivity contribution in [2.45, 2.75) is 18.9 Å². The number of ether oxygens (including phenoxy) is 3. The number of pyridine rings is 1. The molecule has 2 saturated heterocycles. The second-order valence-corrected chi connectivity index (χ2v) is 8.97. The molecule has 1 amide bonds. The number of nitrogens with zero attached hydrogens (tertiary/aromatic N) is 4. The molecule has 0 bridgehead atoms. The number of fused-ring (bicyclic) bond motifs is 1. The highest BCUT2D eigenvalue weighted by atomic mass is 35.5. The number of halogens is 1. The van der Waals surface area contributed by atoms with Crippen LogP contribution in [0.25, 0.3) is 11.0 Å². The van der Waals surface area contributed by atoms with Gasteiger partial charge in [0.15, 0.2) is 5.82 Å². The van der Waals surface area contributed by atoms with Crippen molar-refractivity contribution in [3.63, 3.8) is 0 Å². The van der Waals surface area contributed by atoms with E-state index in [1.165, 1.54) is 12.4 Å². The standard InChI is InChI=1S/C25H26ClN5O4/c1-2-23(32)31-9-7-18(12-31)35-22-6-4-20-24(30-22)25(28-15-27-20)29-17-3-5-21(19(26)11-17)34-14-16-8-10-33-13-16/h2-6,11,15-16,18H,1,7-10,12-14H2,(H,27,28,29)/t16?,18-/m0/s1. The van der Waals surface area contributed by atoms with E-state index in [1.807, 2.05) is 18.2 Å². The Hall–Kier alpha value is -3.43. The van der Waals surface area contributed by atoms with Crippen molar-refractivity contribution in [2.75, 3.05) is 38.2 Å². The third-order valence-corrected chi connectivity index (χ3v) is 6.36. The fraction of sp³-hybridized carbons (Fsp3) is 0.360. The molecule has 2 aliphatic heterocycles. The molecule has 5 rings (SSSR count).